The highest BCUT2D eigenvalue weighted by Gasteiger charge is 2.34. The zero-order valence-corrected chi connectivity index (χ0v) is 15.4. The first-order valence-corrected chi connectivity index (χ1v) is 9.74. The van der Waals surface area contributed by atoms with Crippen LogP contribution in [0.25, 0.3) is 5.69 Å². The van der Waals surface area contributed by atoms with Gasteiger partial charge in [-0.15, -0.1) is 5.10 Å². The number of nitrogens with one attached hydrogen (secondary N) is 1. The Labute approximate surface area is 152 Å². The number of amides is 1. The summed E-state index contributed by atoms with van der Waals surface area (Å²) in [6.45, 7) is 0.556. The molecule has 2 heterocycles. The zero-order chi connectivity index (χ0) is 18.7. The SMILES string of the molecule is CN(C)S(=O)(=O)C[C@@H]1COC[C@@H]1NC(=O)c1cn(-c2ccccc2)nn1. The van der Waals surface area contributed by atoms with Crippen LogP contribution in [0.5, 0.6) is 0 Å². The van der Waals surface area contributed by atoms with Crippen LogP contribution in [0, 0.1) is 5.92 Å². The van der Waals surface area contributed by atoms with Gasteiger partial charge in [0, 0.05) is 20.0 Å². The van der Waals surface area contributed by atoms with E-state index in [-0.39, 0.29) is 36.6 Å². The fourth-order valence-corrected chi connectivity index (χ4v) is 3.83. The molecule has 0 saturated carbocycles. The summed E-state index contributed by atoms with van der Waals surface area (Å²) in [5, 5.41) is 10.7. The van der Waals surface area contributed by atoms with Crippen molar-refractivity contribution >= 4 is 15.9 Å². The van der Waals surface area contributed by atoms with Crippen molar-refractivity contribution in [1.82, 2.24) is 24.6 Å². The van der Waals surface area contributed by atoms with Crippen molar-refractivity contribution in [3.8, 4) is 5.69 Å². The Hall–Kier alpha value is -2.30. The molecule has 0 bridgehead atoms. The number of nitrogens with zero attached hydrogens (tertiary/aromatic N) is 4. The molecule has 1 aliphatic heterocycles. The normalized spacial score (nSPS) is 20.4. The molecule has 1 fully saturated rings. The fourth-order valence-electron chi connectivity index (χ4n) is 2.66. The summed E-state index contributed by atoms with van der Waals surface area (Å²) in [5.74, 6) is -0.799. The minimum Gasteiger partial charge on any atom is -0.379 e. The number of hydrogen-bond donors (Lipinski definition) is 1. The van der Waals surface area contributed by atoms with E-state index in [4.69, 9.17) is 4.74 Å². The number of ether oxygens (including phenoxy) is 1. The van der Waals surface area contributed by atoms with Gasteiger partial charge in [0.1, 0.15) is 0 Å². The molecule has 3 rings (SSSR count). The Morgan fingerprint density at radius 2 is 2.04 bits per heavy atom. The Morgan fingerprint density at radius 1 is 1.31 bits per heavy atom. The minimum absolute atomic E-state index is 0.0817. The van der Waals surface area contributed by atoms with Crippen molar-refractivity contribution in [2.75, 3.05) is 33.1 Å². The molecule has 0 unspecified atom stereocenters. The molecule has 0 radical (unpaired) electrons. The monoisotopic (exact) mass is 379 g/mol. The van der Waals surface area contributed by atoms with Gasteiger partial charge in [0.25, 0.3) is 5.91 Å². The second-order valence-corrected chi connectivity index (χ2v) is 8.55. The largest absolute Gasteiger partial charge is 0.379 e. The predicted octanol–water partition coefficient (Wildman–Crippen LogP) is -0.0965. The number of rotatable bonds is 6. The van der Waals surface area contributed by atoms with Crippen LogP contribution in [0.4, 0.5) is 0 Å². The number of aromatic nitrogens is 3. The van der Waals surface area contributed by atoms with Gasteiger partial charge in [-0.05, 0) is 12.1 Å². The summed E-state index contributed by atoms with van der Waals surface area (Å²) in [5.41, 5.74) is 0.952. The summed E-state index contributed by atoms with van der Waals surface area (Å²) in [7, 11) is -0.403. The summed E-state index contributed by atoms with van der Waals surface area (Å²) in [6.07, 6.45) is 1.53. The maximum Gasteiger partial charge on any atom is 0.273 e. The molecule has 1 aliphatic rings. The van der Waals surface area contributed by atoms with Gasteiger partial charge >= 0.3 is 0 Å². The number of carbonyl (C=O) groups excluding carboxylic acids is 1. The predicted molar refractivity (Wildman–Crippen MR) is 94.4 cm³/mol. The van der Waals surface area contributed by atoms with Crippen LogP contribution in [0.3, 0.4) is 0 Å². The molecule has 1 aromatic carbocycles. The molecule has 0 spiro atoms. The zero-order valence-electron chi connectivity index (χ0n) is 14.6. The lowest BCUT2D eigenvalue weighted by molar-refractivity contribution is 0.0921. The van der Waals surface area contributed by atoms with Gasteiger partial charge in [0.2, 0.25) is 10.0 Å². The molecule has 2 atom stereocenters. The van der Waals surface area contributed by atoms with E-state index >= 15 is 0 Å². The van der Waals surface area contributed by atoms with Gasteiger partial charge in [-0.2, -0.15) is 0 Å². The molecule has 140 valence electrons. The Balaban J connectivity index is 1.67. The Morgan fingerprint density at radius 3 is 2.73 bits per heavy atom. The van der Waals surface area contributed by atoms with Crippen LogP contribution in [0.15, 0.2) is 36.5 Å². The van der Waals surface area contributed by atoms with Crippen LogP contribution in [0.1, 0.15) is 10.5 Å². The lowest BCUT2D eigenvalue weighted by atomic mass is 10.1. The van der Waals surface area contributed by atoms with Gasteiger partial charge in [-0.25, -0.2) is 17.4 Å². The lowest BCUT2D eigenvalue weighted by Crippen LogP contribution is -2.43. The molecular weight excluding hydrogens is 358 g/mol. The summed E-state index contributed by atoms with van der Waals surface area (Å²) in [4.78, 5) is 12.4. The van der Waals surface area contributed by atoms with Gasteiger partial charge in [-0.1, -0.05) is 23.4 Å². The Bertz CT molecular complexity index is 866. The van der Waals surface area contributed by atoms with Gasteiger partial charge in [0.15, 0.2) is 5.69 Å². The second-order valence-electron chi connectivity index (χ2n) is 6.32. The first-order chi connectivity index (χ1) is 12.4. The van der Waals surface area contributed by atoms with Gasteiger partial charge < -0.3 is 10.1 Å². The number of para-hydroxylation sites is 1. The third-order valence-corrected chi connectivity index (χ3v) is 6.20. The molecule has 9 nitrogen and oxygen atoms in total. The van der Waals surface area contributed by atoms with Crippen molar-refractivity contribution in [2.24, 2.45) is 5.92 Å². The van der Waals surface area contributed by atoms with E-state index in [0.717, 1.165) is 5.69 Å². The molecule has 1 amide bonds. The summed E-state index contributed by atoms with van der Waals surface area (Å²) in [6, 6.07) is 8.92. The third kappa shape index (κ3) is 4.09. The highest BCUT2D eigenvalue weighted by Crippen LogP contribution is 2.17. The van der Waals surface area contributed by atoms with E-state index in [9.17, 15) is 13.2 Å². The van der Waals surface area contributed by atoms with Crippen LogP contribution < -0.4 is 5.32 Å². The maximum absolute atomic E-state index is 12.4. The first kappa shape index (κ1) is 18.5. The fraction of sp³-hybridized carbons (Fsp3) is 0.438. The molecule has 1 N–H and O–H groups in total. The second kappa shape index (κ2) is 7.52. The van der Waals surface area contributed by atoms with E-state index in [1.54, 1.807) is 0 Å². The van der Waals surface area contributed by atoms with Crippen LogP contribution in [-0.4, -0.2) is 72.7 Å². The topological polar surface area (TPSA) is 106 Å². The van der Waals surface area contributed by atoms with Crippen LogP contribution >= 0.6 is 0 Å². The molecule has 26 heavy (non-hydrogen) atoms. The molecule has 1 aromatic heterocycles. The van der Waals surface area contributed by atoms with Crippen molar-refractivity contribution in [1.29, 1.82) is 0 Å². The average molecular weight is 379 g/mol. The van der Waals surface area contributed by atoms with Crippen molar-refractivity contribution in [2.45, 2.75) is 6.04 Å². The van der Waals surface area contributed by atoms with Crippen LogP contribution in [-0.2, 0) is 14.8 Å². The van der Waals surface area contributed by atoms with Gasteiger partial charge in [-0.3, -0.25) is 4.79 Å². The maximum atomic E-state index is 12.4. The van der Waals surface area contributed by atoms with E-state index in [1.165, 1.54) is 29.3 Å². The molecule has 2 aromatic rings. The first-order valence-electron chi connectivity index (χ1n) is 8.13. The average Bonchev–Trinajstić information content (AvgIpc) is 3.25. The molecule has 1 saturated heterocycles. The summed E-state index contributed by atoms with van der Waals surface area (Å²) >= 11 is 0. The van der Waals surface area contributed by atoms with Crippen molar-refractivity contribution in [3.05, 3.63) is 42.2 Å². The van der Waals surface area contributed by atoms with E-state index < -0.39 is 15.9 Å². The summed E-state index contributed by atoms with van der Waals surface area (Å²) < 4.78 is 32.2. The Kier molecular flexibility index (Phi) is 5.35. The highest BCUT2D eigenvalue weighted by molar-refractivity contribution is 7.89. The van der Waals surface area contributed by atoms with Gasteiger partial charge in [0.05, 0.1) is 36.9 Å². The number of hydrogen-bond acceptors (Lipinski definition) is 6. The quantitative estimate of drug-likeness (QED) is 0.751. The number of sulfonamides is 1. The molecule has 10 heteroatoms. The highest BCUT2D eigenvalue weighted by atomic mass is 32.2. The molecular formula is C16H21N5O4S. The van der Waals surface area contributed by atoms with Crippen LogP contribution in [0.2, 0.25) is 0 Å². The minimum atomic E-state index is -3.38. The molecule has 0 aliphatic carbocycles. The third-order valence-electron chi connectivity index (χ3n) is 4.24. The van der Waals surface area contributed by atoms with E-state index in [0.29, 0.717) is 0 Å². The lowest BCUT2D eigenvalue weighted by Gasteiger charge is -2.20. The number of benzene rings is 1. The van der Waals surface area contributed by atoms with Crippen molar-refractivity contribution in [3.63, 3.8) is 0 Å². The number of carbonyl (C=O) groups is 1. The van der Waals surface area contributed by atoms with E-state index in [1.807, 2.05) is 30.3 Å². The standard InChI is InChI=1S/C16H21N5O4S/c1-20(2)26(23,24)11-12-9-25-10-15(12)17-16(22)14-8-21(19-18-14)13-6-4-3-5-7-13/h3-8,12,15H,9-11H2,1-2H3,(H,17,22)/t12-,15-/m0/s1. The van der Waals surface area contributed by atoms with Crippen molar-refractivity contribution < 1.29 is 17.9 Å². The van der Waals surface area contributed by atoms with E-state index in [2.05, 4.69) is 15.6 Å². The smallest absolute Gasteiger partial charge is 0.273 e.